The molecule has 1 rings (SSSR count). The Morgan fingerprint density at radius 2 is 1.93 bits per heavy atom. The second kappa shape index (κ2) is 4.63. The maximum atomic E-state index is 12.2. The van der Waals surface area contributed by atoms with E-state index >= 15 is 0 Å². The van der Waals surface area contributed by atoms with Gasteiger partial charge in [0, 0.05) is 0 Å². The molecule has 3 nitrogen and oxygen atoms in total. The van der Waals surface area contributed by atoms with Crippen LogP contribution in [-0.4, -0.2) is 8.42 Å². The summed E-state index contributed by atoms with van der Waals surface area (Å²) in [6.07, 6.45) is -4.45. The van der Waals surface area contributed by atoms with E-state index in [0.29, 0.717) is 0 Å². The topological polar surface area (TPSA) is 43.4 Å². The Bertz CT molecular complexity index is 404. The number of hydrogen-bond donors (Lipinski definition) is 1. The molecular weight excluding hydrogens is 233 g/mol. The standard InChI is InChI=1S/C8H6F3O3S/c9-8(10,11)7-3-1-2-6(4-7)5-14-15(12)13/h1-5,15H. The van der Waals surface area contributed by atoms with Crippen LogP contribution in [0.25, 0.3) is 0 Å². The Morgan fingerprint density at radius 1 is 1.27 bits per heavy atom. The van der Waals surface area contributed by atoms with Gasteiger partial charge in [0.15, 0.2) is 0 Å². The molecule has 1 radical (unpaired) electrons. The van der Waals surface area contributed by atoms with Crippen LogP contribution in [0, 0.1) is 6.61 Å². The van der Waals surface area contributed by atoms with E-state index in [2.05, 4.69) is 4.18 Å². The molecule has 0 saturated heterocycles. The van der Waals surface area contributed by atoms with E-state index in [0.717, 1.165) is 24.8 Å². The van der Waals surface area contributed by atoms with Gasteiger partial charge in [0.1, 0.15) is 6.61 Å². The molecule has 0 aromatic heterocycles. The average Bonchev–Trinajstić information content (AvgIpc) is 2.14. The fourth-order valence-corrected chi connectivity index (χ4v) is 1.10. The van der Waals surface area contributed by atoms with Crippen molar-refractivity contribution in [3.05, 3.63) is 42.0 Å². The molecule has 0 spiro atoms. The Balaban J connectivity index is 2.83. The molecule has 7 heteroatoms. The van der Waals surface area contributed by atoms with E-state index < -0.39 is 22.7 Å². The minimum Gasteiger partial charge on any atom is -0.261 e. The average molecular weight is 239 g/mol. The first-order valence-electron chi connectivity index (χ1n) is 3.71. The van der Waals surface area contributed by atoms with Gasteiger partial charge in [0.2, 0.25) is 0 Å². The molecule has 1 aromatic carbocycles. The van der Waals surface area contributed by atoms with E-state index in [-0.39, 0.29) is 5.56 Å². The van der Waals surface area contributed by atoms with Crippen LogP contribution in [0.2, 0.25) is 0 Å². The van der Waals surface area contributed by atoms with E-state index in [4.69, 9.17) is 0 Å². The van der Waals surface area contributed by atoms with Crippen molar-refractivity contribution in [2.75, 3.05) is 0 Å². The first-order chi connectivity index (χ1) is 6.89. The fourth-order valence-electron chi connectivity index (χ4n) is 0.892. The molecular formula is C8H6F3O3S. The minimum atomic E-state index is -4.45. The summed E-state index contributed by atoms with van der Waals surface area (Å²) in [7, 11) is -3.10. The Kier molecular flexibility index (Phi) is 3.70. The van der Waals surface area contributed by atoms with Gasteiger partial charge in [-0.3, -0.25) is 4.18 Å². The lowest BCUT2D eigenvalue weighted by Crippen LogP contribution is -2.05. The van der Waals surface area contributed by atoms with Crippen LogP contribution >= 0.6 is 0 Å². The van der Waals surface area contributed by atoms with Crippen LogP contribution in [0.4, 0.5) is 13.2 Å². The van der Waals surface area contributed by atoms with Crippen molar-refractivity contribution in [2.45, 2.75) is 6.18 Å². The summed E-state index contributed by atoms with van der Waals surface area (Å²) in [5.41, 5.74) is -0.829. The largest absolute Gasteiger partial charge is 0.416 e. The van der Waals surface area contributed by atoms with Crippen molar-refractivity contribution in [3.63, 3.8) is 0 Å². The molecule has 0 heterocycles. The van der Waals surface area contributed by atoms with Gasteiger partial charge in [-0.1, -0.05) is 12.1 Å². The van der Waals surface area contributed by atoms with E-state index in [1.165, 1.54) is 6.07 Å². The maximum absolute atomic E-state index is 12.2. The lowest BCUT2D eigenvalue weighted by molar-refractivity contribution is -0.137. The van der Waals surface area contributed by atoms with E-state index in [1.54, 1.807) is 0 Å². The van der Waals surface area contributed by atoms with Crippen molar-refractivity contribution in [1.29, 1.82) is 0 Å². The molecule has 0 bridgehead atoms. The molecule has 0 atom stereocenters. The van der Waals surface area contributed by atoms with Gasteiger partial charge in [-0.2, -0.15) is 13.2 Å². The van der Waals surface area contributed by atoms with Crippen LogP contribution in [0.15, 0.2) is 24.3 Å². The normalized spacial score (nSPS) is 12.0. The zero-order valence-corrected chi connectivity index (χ0v) is 8.09. The zero-order valence-electron chi connectivity index (χ0n) is 7.19. The minimum absolute atomic E-state index is 0.0315. The van der Waals surface area contributed by atoms with Crippen LogP contribution in [-0.2, 0) is 21.3 Å². The summed E-state index contributed by atoms with van der Waals surface area (Å²) in [6, 6.07) is 4.14. The van der Waals surface area contributed by atoms with Gasteiger partial charge in [0.25, 0.3) is 11.0 Å². The molecule has 15 heavy (non-hydrogen) atoms. The molecule has 1 aromatic rings. The second-order valence-electron chi connectivity index (χ2n) is 2.57. The Hall–Kier alpha value is -1.08. The summed E-state index contributed by atoms with van der Waals surface area (Å²) in [5, 5.41) is 0. The number of rotatable bonds is 3. The van der Waals surface area contributed by atoms with Gasteiger partial charge < -0.3 is 0 Å². The summed E-state index contributed by atoms with van der Waals surface area (Å²) >= 11 is 0. The van der Waals surface area contributed by atoms with Gasteiger partial charge in [-0.05, 0) is 17.7 Å². The summed E-state index contributed by atoms with van der Waals surface area (Å²) in [5.74, 6) is 0. The monoisotopic (exact) mass is 239 g/mol. The van der Waals surface area contributed by atoms with Crippen LogP contribution in [0.1, 0.15) is 11.1 Å². The molecule has 0 fully saturated rings. The first-order valence-corrected chi connectivity index (χ1v) is 4.81. The molecule has 0 aliphatic carbocycles. The predicted octanol–water partition coefficient (Wildman–Crippen LogP) is 1.76. The van der Waals surface area contributed by atoms with Crippen LogP contribution < -0.4 is 0 Å². The van der Waals surface area contributed by atoms with Crippen molar-refractivity contribution in [3.8, 4) is 0 Å². The van der Waals surface area contributed by atoms with Gasteiger partial charge in [-0.15, -0.1) is 0 Å². The maximum Gasteiger partial charge on any atom is 0.416 e. The van der Waals surface area contributed by atoms with Gasteiger partial charge >= 0.3 is 6.18 Å². The summed E-state index contributed by atoms with van der Waals surface area (Å²) in [6.45, 7) is 0.737. The van der Waals surface area contributed by atoms with E-state index in [9.17, 15) is 21.6 Å². The highest BCUT2D eigenvalue weighted by Gasteiger charge is 2.30. The highest BCUT2D eigenvalue weighted by atomic mass is 32.2. The third-order valence-electron chi connectivity index (χ3n) is 1.49. The molecule has 0 amide bonds. The number of thiol groups is 1. The molecule has 0 aliphatic rings. The van der Waals surface area contributed by atoms with Crippen molar-refractivity contribution < 1.29 is 25.8 Å². The lowest BCUT2D eigenvalue weighted by Gasteiger charge is -2.07. The molecule has 83 valence electrons. The number of hydrogen-bond acceptors (Lipinski definition) is 3. The summed E-state index contributed by atoms with van der Waals surface area (Å²) < 4.78 is 60.7. The number of halogens is 3. The van der Waals surface area contributed by atoms with Crippen molar-refractivity contribution in [2.24, 2.45) is 0 Å². The molecule has 0 N–H and O–H groups in total. The predicted molar refractivity (Wildman–Crippen MR) is 46.2 cm³/mol. The molecule has 0 saturated carbocycles. The Labute approximate surface area is 85.6 Å². The highest BCUT2D eigenvalue weighted by Crippen LogP contribution is 2.29. The van der Waals surface area contributed by atoms with Gasteiger partial charge in [-0.25, -0.2) is 8.42 Å². The Morgan fingerprint density at radius 3 is 2.47 bits per heavy atom. The third kappa shape index (κ3) is 3.88. The molecule has 0 unspecified atom stereocenters. The van der Waals surface area contributed by atoms with Crippen LogP contribution in [0.5, 0.6) is 0 Å². The first kappa shape index (κ1) is 12.0. The van der Waals surface area contributed by atoms with Gasteiger partial charge in [0.05, 0.1) is 5.56 Å². The van der Waals surface area contributed by atoms with Crippen molar-refractivity contribution >= 4 is 11.0 Å². The third-order valence-corrected chi connectivity index (χ3v) is 1.77. The zero-order chi connectivity index (χ0) is 11.5. The number of benzene rings is 1. The SMILES string of the molecule is O=[SH](=O)O[CH]c1cccc(C(F)(F)F)c1. The van der Waals surface area contributed by atoms with E-state index in [1.807, 2.05) is 0 Å². The lowest BCUT2D eigenvalue weighted by atomic mass is 10.1. The quantitative estimate of drug-likeness (QED) is 0.817. The van der Waals surface area contributed by atoms with Crippen LogP contribution in [0.3, 0.4) is 0 Å². The highest BCUT2D eigenvalue weighted by molar-refractivity contribution is 7.67. The molecule has 0 aliphatic heterocycles. The second-order valence-corrected chi connectivity index (χ2v) is 3.23. The number of alkyl halides is 3. The summed E-state index contributed by atoms with van der Waals surface area (Å²) in [4.78, 5) is 0. The fraction of sp³-hybridized carbons (Fsp3) is 0.125. The smallest absolute Gasteiger partial charge is 0.261 e. The van der Waals surface area contributed by atoms with Crippen molar-refractivity contribution in [1.82, 2.24) is 0 Å².